The van der Waals surface area contributed by atoms with Crippen LogP contribution in [0.1, 0.15) is 26.7 Å². The first-order chi connectivity index (χ1) is 9.20. The van der Waals surface area contributed by atoms with Crippen molar-refractivity contribution in [3.8, 4) is 11.5 Å². The normalized spacial score (nSPS) is 18.7. The van der Waals surface area contributed by atoms with Crippen molar-refractivity contribution in [2.75, 3.05) is 13.2 Å². The third-order valence-corrected chi connectivity index (χ3v) is 3.24. The molecule has 1 aromatic rings. The fourth-order valence-corrected chi connectivity index (χ4v) is 2.12. The van der Waals surface area contributed by atoms with Crippen LogP contribution in [0.25, 0.3) is 0 Å². The molecule has 1 heterocycles. The molecule has 2 atom stereocenters. The van der Waals surface area contributed by atoms with Gasteiger partial charge in [0.1, 0.15) is 12.7 Å². The van der Waals surface area contributed by atoms with Gasteiger partial charge in [-0.3, -0.25) is 4.79 Å². The van der Waals surface area contributed by atoms with Gasteiger partial charge in [0, 0.05) is 5.92 Å². The Hall–Kier alpha value is -1.71. The third kappa shape index (κ3) is 3.63. The Labute approximate surface area is 114 Å². The number of hydrogen-bond acceptors (Lipinski definition) is 3. The molecule has 0 radical (unpaired) electrons. The van der Waals surface area contributed by atoms with E-state index in [-0.39, 0.29) is 17.9 Å². The van der Waals surface area contributed by atoms with Gasteiger partial charge in [-0.2, -0.15) is 0 Å². The molecule has 4 heteroatoms. The standard InChI is InChI=1S/C15H21NO3/c1-3-6-11(2)15(17)16-9-12-10-18-13-7-4-5-8-14(13)19-12/h4-5,7-8,11-12H,3,6,9-10H2,1-2H3,(H,16,17). The molecule has 1 aromatic carbocycles. The van der Waals surface area contributed by atoms with Gasteiger partial charge in [-0.1, -0.05) is 32.4 Å². The van der Waals surface area contributed by atoms with Crippen molar-refractivity contribution in [1.82, 2.24) is 5.32 Å². The van der Waals surface area contributed by atoms with Crippen molar-refractivity contribution < 1.29 is 14.3 Å². The van der Waals surface area contributed by atoms with Crippen LogP contribution in [0.3, 0.4) is 0 Å². The van der Waals surface area contributed by atoms with E-state index in [2.05, 4.69) is 12.2 Å². The Bertz CT molecular complexity index is 433. The summed E-state index contributed by atoms with van der Waals surface area (Å²) >= 11 is 0. The molecule has 0 aromatic heterocycles. The summed E-state index contributed by atoms with van der Waals surface area (Å²) in [5, 5.41) is 2.92. The Balaban J connectivity index is 1.81. The Morgan fingerprint density at radius 2 is 2.16 bits per heavy atom. The molecule has 2 rings (SSSR count). The van der Waals surface area contributed by atoms with Crippen molar-refractivity contribution in [3.63, 3.8) is 0 Å². The van der Waals surface area contributed by atoms with E-state index in [4.69, 9.17) is 9.47 Å². The molecule has 1 amide bonds. The van der Waals surface area contributed by atoms with Crippen LogP contribution in [0.4, 0.5) is 0 Å². The molecule has 19 heavy (non-hydrogen) atoms. The summed E-state index contributed by atoms with van der Waals surface area (Å²) in [6, 6.07) is 7.58. The van der Waals surface area contributed by atoms with Crippen LogP contribution in [0.5, 0.6) is 11.5 Å². The highest BCUT2D eigenvalue weighted by Gasteiger charge is 2.21. The van der Waals surface area contributed by atoms with Crippen LogP contribution in [0, 0.1) is 5.92 Å². The number of rotatable bonds is 5. The lowest BCUT2D eigenvalue weighted by Gasteiger charge is -2.26. The summed E-state index contributed by atoms with van der Waals surface area (Å²) in [5.74, 6) is 1.66. The highest BCUT2D eigenvalue weighted by Crippen LogP contribution is 2.30. The molecule has 0 saturated heterocycles. The fourth-order valence-electron chi connectivity index (χ4n) is 2.12. The number of hydrogen-bond donors (Lipinski definition) is 1. The van der Waals surface area contributed by atoms with E-state index in [0.717, 1.165) is 24.3 Å². The second-order valence-electron chi connectivity index (χ2n) is 4.93. The first-order valence-electron chi connectivity index (χ1n) is 6.87. The summed E-state index contributed by atoms with van der Waals surface area (Å²) in [7, 11) is 0. The number of ether oxygens (including phenoxy) is 2. The molecule has 0 spiro atoms. The second kappa shape index (κ2) is 6.45. The summed E-state index contributed by atoms with van der Waals surface area (Å²) in [5.41, 5.74) is 0. The van der Waals surface area contributed by atoms with E-state index < -0.39 is 0 Å². The minimum Gasteiger partial charge on any atom is -0.486 e. The fraction of sp³-hybridized carbons (Fsp3) is 0.533. The number of amides is 1. The minimum absolute atomic E-state index is 0.0572. The summed E-state index contributed by atoms with van der Waals surface area (Å²) in [6.45, 7) is 4.99. The lowest BCUT2D eigenvalue weighted by molar-refractivity contribution is -0.125. The van der Waals surface area contributed by atoms with Gasteiger partial charge in [0.2, 0.25) is 5.91 Å². The zero-order valence-corrected chi connectivity index (χ0v) is 11.5. The van der Waals surface area contributed by atoms with Crippen molar-refractivity contribution in [2.24, 2.45) is 5.92 Å². The Morgan fingerprint density at radius 1 is 1.42 bits per heavy atom. The molecule has 0 aliphatic carbocycles. The lowest BCUT2D eigenvalue weighted by Crippen LogP contribution is -2.42. The monoisotopic (exact) mass is 263 g/mol. The van der Waals surface area contributed by atoms with Crippen LogP contribution in [-0.4, -0.2) is 25.2 Å². The maximum atomic E-state index is 11.8. The van der Waals surface area contributed by atoms with E-state index in [1.165, 1.54) is 0 Å². The summed E-state index contributed by atoms with van der Waals surface area (Å²) in [6.07, 6.45) is 1.81. The Kier molecular flexibility index (Phi) is 4.66. The molecule has 1 aliphatic rings. The van der Waals surface area contributed by atoms with E-state index in [0.29, 0.717) is 13.2 Å². The average Bonchev–Trinajstić information content (AvgIpc) is 2.44. The van der Waals surface area contributed by atoms with Crippen molar-refractivity contribution in [2.45, 2.75) is 32.8 Å². The molecule has 2 unspecified atom stereocenters. The van der Waals surface area contributed by atoms with Crippen LogP contribution in [0.15, 0.2) is 24.3 Å². The van der Waals surface area contributed by atoms with Crippen molar-refractivity contribution in [3.05, 3.63) is 24.3 Å². The van der Waals surface area contributed by atoms with Crippen LogP contribution >= 0.6 is 0 Å². The molecule has 4 nitrogen and oxygen atoms in total. The first-order valence-corrected chi connectivity index (χ1v) is 6.87. The zero-order valence-electron chi connectivity index (χ0n) is 11.5. The smallest absolute Gasteiger partial charge is 0.222 e. The van der Waals surface area contributed by atoms with Gasteiger partial charge in [-0.25, -0.2) is 0 Å². The van der Waals surface area contributed by atoms with Gasteiger partial charge in [0.15, 0.2) is 11.5 Å². The number of benzene rings is 1. The number of nitrogens with one attached hydrogen (secondary N) is 1. The largest absolute Gasteiger partial charge is 0.486 e. The molecular weight excluding hydrogens is 242 g/mol. The third-order valence-electron chi connectivity index (χ3n) is 3.24. The second-order valence-corrected chi connectivity index (χ2v) is 4.93. The quantitative estimate of drug-likeness (QED) is 0.887. The maximum Gasteiger partial charge on any atom is 0.222 e. The minimum atomic E-state index is -0.118. The van der Waals surface area contributed by atoms with Crippen LogP contribution < -0.4 is 14.8 Å². The van der Waals surface area contributed by atoms with Gasteiger partial charge < -0.3 is 14.8 Å². The number of carbonyl (C=O) groups excluding carboxylic acids is 1. The van der Waals surface area contributed by atoms with Crippen LogP contribution in [-0.2, 0) is 4.79 Å². The summed E-state index contributed by atoms with van der Waals surface area (Å²) in [4.78, 5) is 11.8. The van der Waals surface area contributed by atoms with Gasteiger partial charge in [0.05, 0.1) is 6.54 Å². The predicted molar refractivity (Wildman–Crippen MR) is 73.4 cm³/mol. The summed E-state index contributed by atoms with van der Waals surface area (Å²) < 4.78 is 11.4. The molecule has 0 saturated carbocycles. The van der Waals surface area contributed by atoms with Crippen molar-refractivity contribution in [1.29, 1.82) is 0 Å². The van der Waals surface area contributed by atoms with Gasteiger partial charge in [0.25, 0.3) is 0 Å². The number of carbonyl (C=O) groups is 1. The molecule has 1 aliphatic heterocycles. The molecular formula is C15H21NO3. The lowest BCUT2D eigenvalue weighted by atomic mass is 10.1. The Morgan fingerprint density at radius 3 is 2.89 bits per heavy atom. The van der Waals surface area contributed by atoms with E-state index in [1.807, 2.05) is 31.2 Å². The molecule has 1 N–H and O–H groups in total. The van der Waals surface area contributed by atoms with Gasteiger partial charge >= 0.3 is 0 Å². The topological polar surface area (TPSA) is 47.6 Å². The average molecular weight is 263 g/mol. The predicted octanol–water partition coefficient (Wildman–Crippen LogP) is 2.38. The first kappa shape index (κ1) is 13.7. The van der Waals surface area contributed by atoms with Gasteiger partial charge in [-0.05, 0) is 18.6 Å². The van der Waals surface area contributed by atoms with E-state index in [9.17, 15) is 4.79 Å². The number of fused-ring (bicyclic) bond motifs is 1. The highest BCUT2D eigenvalue weighted by atomic mass is 16.6. The highest BCUT2D eigenvalue weighted by molar-refractivity contribution is 5.78. The SMILES string of the molecule is CCCC(C)C(=O)NCC1COc2ccccc2O1. The van der Waals surface area contributed by atoms with Crippen LogP contribution in [0.2, 0.25) is 0 Å². The zero-order chi connectivity index (χ0) is 13.7. The molecule has 104 valence electrons. The van der Waals surface area contributed by atoms with E-state index >= 15 is 0 Å². The maximum absolute atomic E-state index is 11.8. The molecule has 0 fully saturated rings. The van der Waals surface area contributed by atoms with E-state index in [1.54, 1.807) is 0 Å². The number of para-hydroxylation sites is 2. The molecule has 0 bridgehead atoms. The van der Waals surface area contributed by atoms with Gasteiger partial charge in [-0.15, -0.1) is 0 Å². The van der Waals surface area contributed by atoms with Crippen molar-refractivity contribution >= 4 is 5.91 Å².